The van der Waals surface area contributed by atoms with Crippen LogP contribution in [0.2, 0.25) is 0 Å². The maximum Gasteiger partial charge on any atom is 0.337 e. The molecule has 1 aromatic carbocycles. The molecule has 0 aliphatic rings. The standard InChI is InChI=1S/C10H13NO4S2/c1-16-7-6-11-17(14,15)9-5-3-2-4-8(9)10(12)13/h2-5,11H,6-7H2,1H3,(H,12,13). The molecule has 0 spiro atoms. The van der Waals surface area contributed by atoms with Gasteiger partial charge in [-0.1, -0.05) is 12.1 Å². The fourth-order valence-corrected chi connectivity index (χ4v) is 2.90. The van der Waals surface area contributed by atoms with E-state index in [0.717, 1.165) is 0 Å². The van der Waals surface area contributed by atoms with Crippen molar-refractivity contribution in [3.8, 4) is 0 Å². The van der Waals surface area contributed by atoms with E-state index in [1.165, 1.54) is 36.0 Å². The highest BCUT2D eigenvalue weighted by Gasteiger charge is 2.20. The molecule has 0 unspecified atom stereocenters. The molecule has 5 nitrogen and oxygen atoms in total. The van der Waals surface area contributed by atoms with Crippen LogP contribution in [-0.4, -0.2) is 38.0 Å². The summed E-state index contributed by atoms with van der Waals surface area (Å²) in [6.45, 7) is 0.275. The summed E-state index contributed by atoms with van der Waals surface area (Å²) in [5.74, 6) is -0.620. The largest absolute Gasteiger partial charge is 0.478 e. The van der Waals surface area contributed by atoms with Crippen LogP contribution in [0.4, 0.5) is 0 Å². The lowest BCUT2D eigenvalue weighted by Gasteiger charge is -2.08. The summed E-state index contributed by atoms with van der Waals surface area (Å²) in [5, 5.41) is 8.90. The van der Waals surface area contributed by atoms with Gasteiger partial charge in [-0.2, -0.15) is 11.8 Å². The molecule has 0 atom stereocenters. The average Bonchev–Trinajstić information content (AvgIpc) is 2.29. The summed E-state index contributed by atoms with van der Waals surface area (Å²) in [5.41, 5.74) is -0.218. The van der Waals surface area contributed by atoms with E-state index in [1.807, 2.05) is 6.26 Å². The van der Waals surface area contributed by atoms with Crippen LogP contribution in [-0.2, 0) is 10.0 Å². The van der Waals surface area contributed by atoms with Gasteiger partial charge in [-0.3, -0.25) is 0 Å². The van der Waals surface area contributed by atoms with Crippen molar-refractivity contribution in [2.45, 2.75) is 4.90 Å². The molecule has 0 bridgehead atoms. The molecule has 0 aliphatic carbocycles. The maximum absolute atomic E-state index is 11.8. The quantitative estimate of drug-likeness (QED) is 0.757. The van der Waals surface area contributed by atoms with Gasteiger partial charge in [0.25, 0.3) is 0 Å². The minimum atomic E-state index is -3.75. The van der Waals surface area contributed by atoms with Crippen LogP contribution in [0.5, 0.6) is 0 Å². The van der Waals surface area contributed by atoms with Crippen molar-refractivity contribution < 1.29 is 18.3 Å². The second-order valence-corrected chi connectivity index (χ2v) is 5.91. The molecule has 7 heteroatoms. The van der Waals surface area contributed by atoms with Crippen LogP contribution >= 0.6 is 11.8 Å². The molecule has 0 fully saturated rings. The van der Waals surface area contributed by atoms with E-state index in [2.05, 4.69) is 4.72 Å². The lowest BCUT2D eigenvalue weighted by atomic mass is 10.2. The van der Waals surface area contributed by atoms with Crippen LogP contribution < -0.4 is 4.72 Å². The van der Waals surface area contributed by atoms with Crippen molar-refractivity contribution >= 4 is 27.8 Å². The van der Waals surface area contributed by atoms with Crippen molar-refractivity contribution in [1.82, 2.24) is 4.72 Å². The molecular formula is C10H13NO4S2. The lowest BCUT2D eigenvalue weighted by molar-refractivity contribution is 0.0692. The van der Waals surface area contributed by atoms with E-state index >= 15 is 0 Å². The number of thioether (sulfide) groups is 1. The maximum atomic E-state index is 11.8. The zero-order valence-corrected chi connectivity index (χ0v) is 10.8. The second kappa shape index (κ2) is 6.04. The first-order chi connectivity index (χ1) is 7.99. The Bertz CT molecular complexity index is 499. The number of carboxylic acids is 1. The fraction of sp³-hybridized carbons (Fsp3) is 0.300. The molecule has 0 aromatic heterocycles. The number of hydrogen-bond donors (Lipinski definition) is 2. The van der Waals surface area contributed by atoms with Gasteiger partial charge in [-0.25, -0.2) is 17.9 Å². The topological polar surface area (TPSA) is 83.5 Å². The first-order valence-electron chi connectivity index (χ1n) is 4.80. The lowest BCUT2D eigenvalue weighted by Crippen LogP contribution is -2.27. The predicted octanol–water partition coefficient (Wildman–Crippen LogP) is 1.03. The van der Waals surface area contributed by atoms with E-state index in [4.69, 9.17) is 5.11 Å². The summed E-state index contributed by atoms with van der Waals surface area (Å²) >= 11 is 1.50. The monoisotopic (exact) mass is 275 g/mol. The number of sulfonamides is 1. The highest BCUT2D eigenvalue weighted by molar-refractivity contribution is 7.98. The minimum Gasteiger partial charge on any atom is -0.478 e. The van der Waals surface area contributed by atoms with Gasteiger partial charge >= 0.3 is 5.97 Å². The molecule has 0 heterocycles. The van der Waals surface area contributed by atoms with Crippen LogP contribution in [0.3, 0.4) is 0 Å². The van der Waals surface area contributed by atoms with Crippen molar-refractivity contribution in [2.24, 2.45) is 0 Å². The smallest absolute Gasteiger partial charge is 0.337 e. The Morgan fingerprint density at radius 1 is 1.41 bits per heavy atom. The third-order valence-corrected chi connectivity index (χ3v) is 4.14. The van der Waals surface area contributed by atoms with Gasteiger partial charge in [-0.15, -0.1) is 0 Å². The molecule has 0 saturated carbocycles. The van der Waals surface area contributed by atoms with Crippen LogP contribution in [0.25, 0.3) is 0 Å². The highest BCUT2D eigenvalue weighted by Crippen LogP contribution is 2.15. The van der Waals surface area contributed by atoms with E-state index in [-0.39, 0.29) is 17.0 Å². The third kappa shape index (κ3) is 3.72. The number of carbonyl (C=O) groups is 1. The van der Waals surface area contributed by atoms with E-state index < -0.39 is 16.0 Å². The van der Waals surface area contributed by atoms with E-state index in [1.54, 1.807) is 0 Å². The summed E-state index contributed by atoms with van der Waals surface area (Å²) in [6.07, 6.45) is 1.86. The van der Waals surface area contributed by atoms with Gasteiger partial charge in [0, 0.05) is 12.3 Å². The molecule has 94 valence electrons. The third-order valence-electron chi connectivity index (χ3n) is 2.01. The number of benzene rings is 1. The Kier molecular flexibility index (Phi) is 4.98. The van der Waals surface area contributed by atoms with Crippen molar-refractivity contribution in [2.75, 3.05) is 18.6 Å². The predicted molar refractivity (Wildman–Crippen MR) is 67.0 cm³/mol. The Morgan fingerprint density at radius 3 is 2.65 bits per heavy atom. The molecule has 0 aliphatic heterocycles. The molecule has 1 rings (SSSR count). The second-order valence-electron chi connectivity index (χ2n) is 3.19. The number of rotatable bonds is 6. The molecule has 0 amide bonds. The normalized spacial score (nSPS) is 11.4. The highest BCUT2D eigenvalue weighted by atomic mass is 32.2. The minimum absolute atomic E-state index is 0.200. The van der Waals surface area contributed by atoms with Crippen LogP contribution in [0.15, 0.2) is 29.2 Å². The van der Waals surface area contributed by atoms with Gasteiger partial charge in [-0.05, 0) is 18.4 Å². The summed E-state index contributed by atoms with van der Waals surface area (Å²) in [7, 11) is -3.75. The average molecular weight is 275 g/mol. The van der Waals surface area contributed by atoms with E-state index in [9.17, 15) is 13.2 Å². The Labute approximate surface area is 104 Å². The van der Waals surface area contributed by atoms with Crippen LogP contribution in [0.1, 0.15) is 10.4 Å². The Hall–Kier alpha value is -1.05. The number of carboxylic acid groups (broad SMARTS) is 1. The first-order valence-corrected chi connectivity index (χ1v) is 7.67. The van der Waals surface area contributed by atoms with Crippen molar-refractivity contribution in [3.63, 3.8) is 0 Å². The Morgan fingerprint density at radius 2 is 2.06 bits per heavy atom. The molecule has 2 N–H and O–H groups in total. The summed E-state index contributed by atoms with van der Waals surface area (Å²) in [6, 6.07) is 5.54. The number of hydrogen-bond acceptors (Lipinski definition) is 4. The molecule has 17 heavy (non-hydrogen) atoms. The Balaban J connectivity index is 3.02. The van der Waals surface area contributed by atoms with Gasteiger partial charge in [0.2, 0.25) is 10.0 Å². The van der Waals surface area contributed by atoms with Crippen LogP contribution in [0, 0.1) is 0 Å². The summed E-state index contributed by atoms with van der Waals surface area (Å²) in [4.78, 5) is 10.7. The number of nitrogens with one attached hydrogen (secondary N) is 1. The molecule has 1 aromatic rings. The molecular weight excluding hydrogens is 262 g/mol. The van der Waals surface area contributed by atoms with Crippen molar-refractivity contribution in [3.05, 3.63) is 29.8 Å². The zero-order valence-electron chi connectivity index (χ0n) is 9.21. The van der Waals surface area contributed by atoms with Gasteiger partial charge < -0.3 is 5.11 Å². The molecule has 0 saturated heterocycles. The van der Waals surface area contributed by atoms with Crippen molar-refractivity contribution in [1.29, 1.82) is 0 Å². The summed E-state index contributed by atoms with van der Waals surface area (Å²) < 4.78 is 26.1. The van der Waals surface area contributed by atoms with Gasteiger partial charge in [0.1, 0.15) is 0 Å². The van der Waals surface area contributed by atoms with Gasteiger partial charge in [0.05, 0.1) is 10.5 Å². The number of aromatic carboxylic acids is 1. The fourth-order valence-electron chi connectivity index (χ4n) is 1.23. The molecule has 0 radical (unpaired) electrons. The van der Waals surface area contributed by atoms with Gasteiger partial charge in [0.15, 0.2) is 0 Å². The first kappa shape index (κ1) is 14.0. The SMILES string of the molecule is CSCCNS(=O)(=O)c1ccccc1C(=O)O. The zero-order chi connectivity index (χ0) is 12.9. The van der Waals surface area contributed by atoms with E-state index in [0.29, 0.717) is 5.75 Å².